The minimum absolute atomic E-state index is 0.0100. The Morgan fingerprint density at radius 1 is 1.33 bits per heavy atom. The molecule has 1 aliphatic heterocycles. The third-order valence-electron chi connectivity index (χ3n) is 4.18. The van der Waals surface area contributed by atoms with Gasteiger partial charge in [0.1, 0.15) is 11.4 Å². The Balaban J connectivity index is 1.36. The van der Waals surface area contributed by atoms with Gasteiger partial charge in [0, 0.05) is 25.5 Å². The number of hydrogen-bond donors (Lipinski definition) is 1. The quantitative estimate of drug-likeness (QED) is 0.739. The van der Waals surface area contributed by atoms with Gasteiger partial charge in [0.2, 0.25) is 11.7 Å². The number of hydrogen-bond acceptors (Lipinski definition) is 7. The number of ether oxygens (including phenoxy) is 1. The zero-order chi connectivity index (χ0) is 18.6. The Morgan fingerprint density at radius 2 is 2.19 bits per heavy atom. The Labute approximate surface area is 155 Å². The number of nitrogens with one attached hydrogen (secondary N) is 1. The summed E-state index contributed by atoms with van der Waals surface area (Å²) < 4.78 is 10.8. The minimum atomic E-state index is -0.188. The fraction of sp³-hybridized carbons (Fsp3) is 0.278. The van der Waals surface area contributed by atoms with Gasteiger partial charge < -0.3 is 19.5 Å². The molecular weight excluding hydrogens is 348 g/mol. The fourth-order valence-corrected chi connectivity index (χ4v) is 2.77. The molecule has 2 aromatic heterocycles. The van der Waals surface area contributed by atoms with Crippen LogP contribution in [0.3, 0.4) is 0 Å². The summed E-state index contributed by atoms with van der Waals surface area (Å²) in [5, 5.41) is 6.81. The minimum Gasteiger partial charge on any atom is -0.492 e. The van der Waals surface area contributed by atoms with Gasteiger partial charge in [-0.3, -0.25) is 4.98 Å². The van der Waals surface area contributed by atoms with Crippen LogP contribution in [0.2, 0.25) is 0 Å². The van der Waals surface area contributed by atoms with Crippen molar-refractivity contribution in [2.75, 3.05) is 25.0 Å². The summed E-state index contributed by atoms with van der Waals surface area (Å²) in [7, 11) is 0. The van der Waals surface area contributed by atoms with Crippen molar-refractivity contribution in [3.8, 4) is 17.3 Å². The van der Waals surface area contributed by atoms with Gasteiger partial charge in [0.15, 0.2) is 0 Å². The molecule has 2 amide bonds. The SMILES string of the molecule is CCOc1ccccc1NC(=O)N1CC(c2nc(-c3cnccn3)no2)C1. The zero-order valence-electron chi connectivity index (χ0n) is 14.7. The van der Waals surface area contributed by atoms with Crippen LogP contribution >= 0.6 is 0 Å². The lowest BCUT2D eigenvalue weighted by atomic mass is 10.0. The number of nitrogens with zero attached hydrogens (tertiary/aromatic N) is 5. The van der Waals surface area contributed by atoms with E-state index in [1.54, 1.807) is 23.5 Å². The largest absolute Gasteiger partial charge is 0.492 e. The van der Waals surface area contributed by atoms with Gasteiger partial charge in [0.25, 0.3) is 0 Å². The smallest absolute Gasteiger partial charge is 0.321 e. The molecule has 0 radical (unpaired) electrons. The van der Waals surface area contributed by atoms with Gasteiger partial charge in [-0.05, 0) is 19.1 Å². The predicted molar refractivity (Wildman–Crippen MR) is 96.3 cm³/mol. The number of urea groups is 1. The Kier molecular flexibility index (Phi) is 4.65. The second-order valence-corrected chi connectivity index (χ2v) is 6.01. The maximum Gasteiger partial charge on any atom is 0.321 e. The first-order valence-corrected chi connectivity index (χ1v) is 8.62. The second kappa shape index (κ2) is 7.40. The monoisotopic (exact) mass is 366 g/mol. The molecule has 138 valence electrons. The van der Waals surface area contributed by atoms with E-state index < -0.39 is 0 Å². The van der Waals surface area contributed by atoms with Crippen molar-refractivity contribution < 1.29 is 14.1 Å². The van der Waals surface area contributed by atoms with Crippen molar-refractivity contribution in [3.63, 3.8) is 0 Å². The summed E-state index contributed by atoms with van der Waals surface area (Å²) >= 11 is 0. The van der Waals surface area contributed by atoms with E-state index in [1.165, 1.54) is 0 Å². The number of aromatic nitrogens is 4. The number of amides is 2. The van der Waals surface area contributed by atoms with Crippen molar-refractivity contribution >= 4 is 11.7 Å². The Bertz CT molecular complexity index is 924. The van der Waals surface area contributed by atoms with Crippen LogP contribution in [-0.4, -0.2) is 50.7 Å². The molecule has 0 atom stereocenters. The molecule has 0 unspecified atom stereocenters. The highest BCUT2D eigenvalue weighted by Crippen LogP contribution is 2.29. The molecule has 1 aromatic carbocycles. The van der Waals surface area contributed by atoms with Crippen molar-refractivity contribution in [3.05, 3.63) is 48.7 Å². The Hall–Kier alpha value is -3.49. The molecule has 0 saturated carbocycles. The summed E-state index contributed by atoms with van der Waals surface area (Å²) in [6, 6.07) is 7.16. The summed E-state index contributed by atoms with van der Waals surface area (Å²) in [6.45, 7) is 3.44. The molecule has 1 fully saturated rings. The lowest BCUT2D eigenvalue weighted by molar-refractivity contribution is 0.147. The van der Waals surface area contributed by atoms with Crippen molar-refractivity contribution in [1.82, 2.24) is 25.0 Å². The lowest BCUT2D eigenvalue weighted by Gasteiger charge is -2.36. The highest BCUT2D eigenvalue weighted by molar-refractivity contribution is 5.91. The van der Waals surface area contributed by atoms with Gasteiger partial charge in [-0.15, -0.1) is 0 Å². The number of carbonyl (C=O) groups excluding carboxylic acids is 1. The third-order valence-corrected chi connectivity index (χ3v) is 4.18. The van der Waals surface area contributed by atoms with Gasteiger partial charge in [-0.1, -0.05) is 17.3 Å². The van der Waals surface area contributed by atoms with Crippen LogP contribution < -0.4 is 10.1 Å². The topological polar surface area (TPSA) is 106 Å². The van der Waals surface area contributed by atoms with E-state index in [4.69, 9.17) is 9.26 Å². The average Bonchev–Trinajstić information content (AvgIpc) is 3.13. The Morgan fingerprint density at radius 3 is 2.96 bits per heavy atom. The van der Waals surface area contributed by atoms with Gasteiger partial charge in [-0.25, -0.2) is 9.78 Å². The first-order valence-electron chi connectivity index (χ1n) is 8.62. The number of benzene rings is 1. The molecule has 9 nitrogen and oxygen atoms in total. The van der Waals surface area contributed by atoms with Crippen LogP contribution in [0.1, 0.15) is 18.7 Å². The molecule has 0 spiro atoms. The van der Waals surface area contributed by atoms with Gasteiger partial charge in [-0.2, -0.15) is 4.98 Å². The van der Waals surface area contributed by atoms with E-state index in [1.807, 2.05) is 31.2 Å². The maximum atomic E-state index is 12.4. The summed E-state index contributed by atoms with van der Waals surface area (Å²) in [5.74, 6) is 1.55. The first-order chi connectivity index (χ1) is 13.2. The van der Waals surface area contributed by atoms with Crippen molar-refractivity contribution in [2.45, 2.75) is 12.8 Å². The molecule has 0 aliphatic carbocycles. The fourth-order valence-electron chi connectivity index (χ4n) is 2.77. The molecule has 27 heavy (non-hydrogen) atoms. The van der Waals surface area contributed by atoms with E-state index >= 15 is 0 Å². The molecule has 9 heteroatoms. The number of carbonyl (C=O) groups is 1. The number of anilines is 1. The number of rotatable bonds is 5. The predicted octanol–water partition coefficient (Wildman–Crippen LogP) is 2.56. The molecule has 1 aliphatic rings. The van der Waals surface area contributed by atoms with Crippen LogP contribution in [-0.2, 0) is 0 Å². The molecule has 1 saturated heterocycles. The van der Waals surface area contributed by atoms with Crippen LogP contribution in [0.25, 0.3) is 11.5 Å². The molecule has 3 heterocycles. The first kappa shape index (κ1) is 17.0. The van der Waals surface area contributed by atoms with Crippen LogP contribution in [0, 0.1) is 0 Å². The summed E-state index contributed by atoms with van der Waals surface area (Å²) in [5.41, 5.74) is 1.20. The molecular formula is C18H18N6O3. The molecule has 0 bridgehead atoms. The van der Waals surface area contributed by atoms with E-state index in [-0.39, 0.29) is 11.9 Å². The third kappa shape index (κ3) is 3.57. The highest BCUT2D eigenvalue weighted by atomic mass is 16.5. The van der Waals surface area contributed by atoms with Crippen LogP contribution in [0.15, 0.2) is 47.4 Å². The summed E-state index contributed by atoms with van der Waals surface area (Å²) in [4.78, 5) is 26.6. The second-order valence-electron chi connectivity index (χ2n) is 6.01. The van der Waals surface area contributed by atoms with Gasteiger partial charge >= 0.3 is 6.03 Å². The normalized spacial score (nSPS) is 13.9. The van der Waals surface area contributed by atoms with E-state index in [2.05, 4.69) is 25.4 Å². The number of likely N-dealkylation sites (tertiary alicyclic amines) is 1. The zero-order valence-corrected chi connectivity index (χ0v) is 14.7. The van der Waals surface area contributed by atoms with Crippen LogP contribution in [0.4, 0.5) is 10.5 Å². The van der Waals surface area contributed by atoms with E-state index in [0.717, 1.165) is 0 Å². The average molecular weight is 366 g/mol. The van der Waals surface area contributed by atoms with E-state index in [0.29, 0.717) is 48.5 Å². The maximum absolute atomic E-state index is 12.4. The summed E-state index contributed by atoms with van der Waals surface area (Å²) in [6.07, 6.45) is 4.72. The molecule has 4 rings (SSSR count). The van der Waals surface area contributed by atoms with Crippen molar-refractivity contribution in [1.29, 1.82) is 0 Å². The van der Waals surface area contributed by atoms with Gasteiger partial charge in [0.05, 0.1) is 24.4 Å². The van der Waals surface area contributed by atoms with Crippen molar-refractivity contribution in [2.24, 2.45) is 0 Å². The lowest BCUT2D eigenvalue weighted by Crippen LogP contribution is -2.50. The number of para-hydroxylation sites is 2. The highest BCUT2D eigenvalue weighted by Gasteiger charge is 2.36. The van der Waals surface area contributed by atoms with E-state index in [9.17, 15) is 4.79 Å². The molecule has 1 N–H and O–H groups in total. The molecule has 3 aromatic rings. The van der Waals surface area contributed by atoms with Crippen LogP contribution in [0.5, 0.6) is 5.75 Å². The standard InChI is InChI=1S/C18H18N6O3/c1-2-26-15-6-4-3-5-13(15)21-18(25)24-10-12(11-24)17-22-16(23-27-17)14-9-19-7-8-20-14/h3-9,12H,2,10-11H2,1H3,(H,21,25).